The highest BCUT2D eigenvalue weighted by Crippen LogP contribution is 2.33. The van der Waals surface area contributed by atoms with Crippen LogP contribution in [-0.4, -0.2) is 11.9 Å². The van der Waals surface area contributed by atoms with Gasteiger partial charge in [0.1, 0.15) is 24.0 Å². The molecule has 0 spiro atoms. The highest BCUT2D eigenvalue weighted by molar-refractivity contribution is 14.1. The van der Waals surface area contributed by atoms with E-state index in [9.17, 15) is 10.1 Å². The van der Waals surface area contributed by atoms with Gasteiger partial charge in [-0.3, -0.25) is 4.79 Å². The quantitative estimate of drug-likeness (QED) is 0.191. The van der Waals surface area contributed by atoms with Gasteiger partial charge in [-0.05, 0) is 106 Å². The van der Waals surface area contributed by atoms with E-state index < -0.39 is 0 Å². The summed E-state index contributed by atoms with van der Waals surface area (Å²) in [5.74, 6) is 0.341. The molecule has 0 fully saturated rings. The summed E-state index contributed by atoms with van der Waals surface area (Å²) in [5, 5.41) is 12.1. The second kappa shape index (κ2) is 11.2. The predicted octanol–water partition coefficient (Wildman–Crippen LogP) is 5.79. The zero-order valence-corrected chi connectivity index (χ0v) is 20.1. The molecule has 0 atom stereocenters. The molecule has 4 nitrogen and oxygen atoms in total. The van der Waals surface area contributed by atoms with Crippen molar-refractivity contribution in [2.75, 3.05) is 0 Å². The van der Waals surface area contributed by atoms with Crippen molar-refractivity contribution in [3.05, 3.63) is 79.4 Å². The van der Waals surface area contributed by atoms with E-state index >= 15 is 0 Å². The maximum atomic E-state index is 12.2. The normalized spacial score (nSPS) is 11.1. The second-order valence-electron chi connectivity index (χ2n) is 6.70. The van der Waals surface area contributed by atoms with Gasteiger partial charge in [-0.25, -0.2) is 0 Å². The Morgan fingerprint density at radius 2 is 2.03 bits per heavy atom. The number of halogens is 2. The van der Waals surface area contributed by atoms with Crippen LogP contribution >= 0.6 is 38.5 Å². The zero-order valence-electron chi connectivity index (χ0n) is 16.3. The van der Waals surface area contributed by atoms with Crippen LogP contribution in [0.25, 0.3) is 6.08 Å². The lowest BCUT2D eigenvalue weighted by Crippen LogP contribution is -2.30. The topological polar surface area (TPSA) is 62.1 Å². The molecule has 0 aliphatic heterocycles. The Hall–Kier alpha value is -2.11. The first-order valence-electron chi connectivity index (χ1n) is 9.07. The van der Waals surface area contributed by atoms with Crippen LogP contribution in [0.5, 0.6) is 5.75 Å². The van der Waals surface area contributed by atoms with Crippen LogP contribution in [0.2, 0.25) is 0 Å². The molecule has 29 heavy (non-hydrogen) atoms. The number of carbonyl (C=O) groups is 1. The lowest BCUT2D eigenvalue weighted by atomic mass is 10.0. The Kier molecular flexibility index (Phi) is 8.93. The summed E-state index contributed by atoms with van der Waals surface area (Å²) in [6, 6.07) is 13.8. The van der Waals surface area contributed by atoms with Crippen molar-refractivity contribution in [2.45, 2.75) is 32.9 Å². The molecule has 0 radical (unpaired) electrons. The smallest absolute Gasteiger partial charge is 0.262 e. The van der Waals surface area contributed by atoms with E-state index in [2.05, 4.69) is 50.4 Å². The number of allylic oxidation sites excluding steroid dienone is 1. The summed E-state index contributed by atoms with van der Waals surface area (Å²) >= 11 is 5.84. The average molecular weight is 565 g/mol. The van der Waals surface area contributed by atoms with Gasteiger partial charge in [0.05, 0.1) is 4.47 Å². The molecule has 0 saturated carbocycles. The Morgan fingerprint density at radius 1 is 1.34 bits per heavy atom. The zero-order chi connectivity index (χ0) is 21.4. The van der Waals surface area contributed by atoms with E-state index in [1.165, 1.54) is 3.57 Å². The van der Waals surface area contributed by atoms with E-state index in [1.807, 2.05) is 56.3 Å². The minimum Gasteiger partial charge on any atom is -0.487 e. The Balaban J connectivity index is 2.32. The average Bonchev–Trinajstić information content (AvgIpc) is 2.66. The van der Waals surface area contributed by atoms with E-state index in [-0.39, 0.29) is 17.5 Å². The Labute approximate surface area is 193 Å². The van der Waals surface area contributed by atoms with Gasteiger partial charge >= 0.3 is 0 Å². The fourth-order valence-electron chi connectivity index (χ4n) is 2.62. The SMILES string of the molecule is C=CCc1cc(/C=C(/C#N)C(=O)NC(C)C)cc(Br)c1OCc1ccc(I)cc1. The molecule has 0 saturated heterocycles. The molecule has 150 valence electrons. The molecule has 6 heteroatoms. The van der Waals surface area contributed by atoms with Crippen LogP contribution < -0.4 is 10.1 Å². The van der Waals surface area contributed by atoms with Crippen molar-refractivity contribution >= 4 is 50.5 Å². The van der Waals surface area contributed by atoms with Crippen molar-refractivity contribution in [3.63, 3.8) is 0 Å². The fourth-order valence-corrected chi connectivity index (χ4v) is 3.61. The van der Waals surface area contributed by atoms with Crippen LogP contribution in [-0.2, 0) is 17.8 Å². The second-order valence-corrected chi connectivity index (χ2v) is 8.80. The molecule has 2 aromatic carbocycles. The van der Waals surface area contributed by atoms with Gasteiger partial charge in [0, 0.05) is 9.61 Å². The molecule has 0 heterocycles. The standard InChI is InChI=1S/C23H22BrIN2O2/c1-4-5-18-10-17(11-19(13-26)23(28)27-15(2)3)12-21(24)22(18)29-14-16-6-8-20(25)9-7-16/h4,6-12,15H,1,5,14H2,2-3H3,(H,27,28)/b19-11-. The van der Waals surface area contributed by atoms with Crippen LogP contribution in [0.1, 0.15) is 30.5 Å². The first-order valence-corrected chi connectivity index (χ1v) is 10.9. The van der Waals surface area contributed by atoms with Gasteiger partial charge in [0.25, 0.3) is 5.91 Å². The van der Waals surface area contributed by atoms with Gasteiger partial charge in [-0.1, -0.05) is 18.2 Å². The molecule has 0 aliphatic rings. The van der Waals surface area contributed by atoms with Gasteiger partial charge in [-0.2, -0.15) is 5.26 Å². The van der Waals surface area contributed by atoms with E-state index in [1.54, 1.807) is 12.2 Å². The van der Waals surface area contributed by atoms with Crippen molar-refractivity contribution in [2.24, 2.45) is 0 Å². The van der Waals surface area contributed by atoms with E-state index in [4.69, 9.17) is 4.74 Å². The molecule has 1 N–H and O–H groups in total. The molecular formula is C23H22BrIN2O2. The summed E-state index contributed by atoms with van der Waals surface area (Å²) in [7, 11) is 0. The van der Waals surface area contributed by atoms with Gasteiger partial charge < -0.3 is 10.1 Å². The maximum absolute atomic E-state index is 12.2. The molecular weight excluding hydrogens is 543 g/mol. The molecule has 0 aliphatic carbocycles. The van der Waals surface area contributed by atoms with Crippen LogP contribution in [0.3, 0.4) is 0 Å². The van der Waals surface area contributed by atoms with Crippen LogP contribution in [0.15, 0.2) is 59.1 Å². The molecule has 0 bridgehead atoms. The summed E-state index contributed by atoms with van der Waals surface area (Å²) in [5.41, 5.74) is 2.80. The third-order valence-corrected chi connectivity index (χ3v) is 5.21. The number of hydrogen-bond donors (Lipinski definition) is 1. The predicted molar refractivity (Wildman–Crippen MR) is 128 cm³/mol. The van der Waals surface area contributed by atoms with E-state index in [0.29, 0.717) is 13.0 Å². The number of nitrogens with zero attached hydrogens (tertiary/aromatic N) is 1. The molecule has 2 aromatic rings. The number of amides is 1. The van der Waals surface area contributed by atoms with Crippen LogP contribution in [0, 0.1) is 14.9 Å². The van der Waals surface area contributed by atoms with Crippen molar-refractivity contribution in [1.82, 2.24) is 5.32 Å². The minimum absolute atomic E-state index is 0.0423. The van der Waals surface area contributed by atoms with Crippen molar-refractivity contribution in [3.8, 4) is 11.8 Å². The summed E-state index contributed by atoms with van der Waals surface area (Å²) in [6.07, 6.45) is 3.98. The largest absolute Gasteiger partial charge is 0.487 e. The maximum Gasteiger partial charge on any atom is 0.262 e. The Morgan fingerprint density at radius 3 is 2.62 bits per heavy atom. The van der Waals surface area contributed by atoms with Crippen molar-refractivity contribution < 1.29 is 9.53 Å². The highest BCUT2D eigenvalue weighted by Gasteiger charge is 2.13. The Bertz CT molecular complexity index is 960. The lowest BCUT2D eigenvalue weighted by molar-refractivity contribution is -0.117. The fraction of sp³-hybridized carbons (Fsp3) is 0.217. The first-order chi connectivity index (χ1) is 13.8. The lowest BCUT2D eigenvalue weighted by Gasteiger charge is -2.14. The molecule has 1 amide bonds. The summed E-state index contributed by atoms with van der Waals surface area (Å²) in [6.45, 7) is 7.96. The third kappa shape index (κ3) is 7.02. The third-order valence-electron chi connectivity index (χ3n) is 3.90. The monoisotopic (exact) mass is 564 g/mol. The summed E-state index contributed by atoms with van der Waals surface area (Å²) < 4.78 is 8.00. The number of hydrogen-bond acceptors (Lipinski definition) is 3. The number of nitrogens with one attached hydrogen (secondary N) is 1. The number of benzene rings is 2. The van der Waals surface area contributed by atoms with Crippen molar-refractivity contribution in [1.29, 1.82) is 5.26 Å². The number of nitriles is 1. The highest BCUT2D eigenvalue weighted by atomic mass is 127. The molecule has 0 unspecified atom stereocenters. The molecule has 2 rings (SSSR count). The number of carbonyl (C=O) groups excluding carboxylic acids is 1. The molecule has 0 aromatic heterocycles. The van der Waals surface area contributed by atoms with Gasteiger partial charge in [0.2, 0.25) is 0 Å². The minimum atomic E-state index is -0.386. The first kappa shape index (κ1) is 23.2. The number of rotatable bonds is 8. The van der Waals surface area contributed by atoms with Crippen LogP contribution in [0.4, 0.5) is 0 Å². The van der Waals surface area contributed by atoms with Gasteiger partial charge in [-0.15, -0.1) is 6.58 Å². The number of ether oxygens (including phenoxy) is 1. The van der Waals surface area contributed by atoms with Gasteiger partial charge in [0.15, 0.2) is 0 Å². The van der Waals surface area contributed by atoms with E-state index in [0.717, 1.165) is 26.9 Å². The summed E-state index contributed by atoms with van der Waals surface area (Å²) in [4.78, 5) is 12.2.